The molecule has 23 heavy (non-hydrogen) atoms. The molecule has 0 bridgehead atoms. The smallest absolute Gasteiger partial charge is 0.423 e. The third-order valence-corrected chi connectivity index (χ3v) is 3.81. The molecule has 124 valence electrons. The number of rotatable bonds is 3. The molecule has 5 heteroatoms. The summed E-state index contributed by atoms with van der Waals surface area (Å²) in [5, 5.41) is 36.1. The predicted octanol–water partition coefficient (Wildman–Crippen LogP) is 1.56. The highest BCUT2D eigenvalue weighted by molar-refractivity contribution is 6.58. The van der Waals surface area contributed by atoms with E-state index in [9.17, 15) is 0 Å². The second-order valence-electron chi connectivity index (χ2n) is 6.48. The second kappa shape index (κ2) is 7.75. The number of aliphatic hydroxyl groups is 2. The standard InChI is InChI=1S/C12H11BO2.C6H14O2/c14-13(15)12-8-6-11(7-9-12)10-4-2-1-3-5-10;1-5(2,7)6(3,4)8/h1-9,14-15H;7-8H,1-4H3. The lowest BCUT2D eigenvalue weighted by Crippen LogP contribution is -2.44. The van der Waals surface area contributed by atoms with Crippen molar-refractivity contribution in [2.75, 3.05) is 0 Å². The molecule has 0 aliphatic carbocycles. The normalized spacial score (nSPS) is 11.5. The van der Waals surface area contributed by atoms with E-state index in [0.29, 0.717) is 5.46 Å². The van der Waals surface area contributed by atoms with Crippen LogP contribution in [0.3, 0.4) is 0 Å². The molecule has 0 amide bonds. The quantitative estimate of drug-likeness (QED) is 0.648. The zero-order chi connectivity index (χ0) is 17.7. The lowest BCUT2D eigenvalue weighted by molar-refractivity contribution is -0.107. The summed E-state index contributed by atoms with van der Waals surface area (Å²) in [6, 6.07) is 17.1. The molecule has 2 aromatic rings. The van der Waals surface area contributed by atoms with Crippen molar-refractivity contribution >= 4 is 12.6 Å². The van der Waals surface area contributed by atoms with E-state index in [1.54, 1.807) is 39.8 Å². The fourth-order valence-corrected chi connectivity index (χ4v) is 1.48. The summed E-state index contributed by atoms with van der Waals surface area (Å²) in [6.07, 6.45) is 0. The summed E-state index contributed by atoms with van der Waals surface area (Å²) in [7, 11) is -1.39. The lowest BCUT2D eigenvalue weighted by atomic mass is 9.80. The van der Waals surface area contributed by atoms with Crippen molar-refractivity contribution in [3.63, 3.8) is 0 Å². The van der Waals surface area contributed by atoms with Crippen LogP contribution in [0.1, 0.15) is 27.7 Å². The molecule has 0 saturated carbocycles. The first-order valence-electron chi connectivity index (χ1n) is 7.48. The molecule has 0 spiro atoms. The van der Waals surface area contributed by atoms with Crippen molar-refractivity contribution in [3.05, 3.63) is 54.6 Å². The fourth-order valence-electron chi connectivity index (χ4n) is 1.48. The zero-order valence-electron chi connectivity index (χ0n) is 14.1. The molecule has 0 unspecified atom stereocenters. The number of hydrogen-bond donors (Lipinski definition) is 4. The van der Waals surface area contributed by atoms with Gasteiger partial charge in [-0.1, -0.05) is 54.6 Å². The van der Waals surface area contributed by atoms with Gasteiger partial charge >= 0.3 is 7.12 Å². The molecule has 0 fully saturated rings. The van der Waals surface area contributed by atoms with Crippen LogP contribution in [0.4, 0.5) is 0 Å². The van der Waals surface area contributed by atoms with E-state index in [-0.39, 0.29) is 0 Å². The predicted molar refractivity (Wildman–Crippen MR) is 94.3 cm³/mol. The maximum Gasteiger partial charge on any atom is 0.488 e. The molecule has 4 N–H and O–H groups in total. The van der Waals surface area contributed by atoms with Gasteiger partial charge in [-0.05, 0) is 44.3 Å². The molecule has 0 heterocycles. The zero-order valence-corrected chi connectivity index (χ0v) is 14.1. The van der Waals surface area contributed by atoms with Crippen molar-refractivity contribution in [1.29, 1.82) is 0 Å². The van der Waals surface area contributed by atoms with E-state index < -0.39 is 18.3 Å². The first-order chi connectivity index (χ1) is 10.5. The molecule has 4 nitrogen and oxygen atoms in total. The molecule has 0 aliphatic rings. The second-order valence-corrected chi connectivity index (χ2v) is 6.48. The van der Waals surface area contributed by atoms with E-state index in [2.05, 4.69) is 0 Å². The molecule has 0 atom stereocenters. The Hall–Kier alpha value is -1.66. The minimum atomic E-state index is -1.39. The van der Waals surface area contributed by atoms with Gasteiger partial charge in [0, 0.05) is 0 Å². The van der Waals surface area contributed by atoms with Gasteiger partial charge in [-0.25, -0.2) is 0 Å². The Morgan fingerprint density at radius 3 is 1.39 bits per heavy atom. The van der Waals surface area contributed by atoms with Gasteiger partial charge < -0.3 is 20.3 Å². The largest absolute Gasteiger partial charge is 0.488 e. The van der Waals surface area contributed by atoms with Gasteiger partial charge in [0.2, 0.25) is 0 Å². The molecule has 2 rings (SSSR count). The monoisotopic (exact) mass is 316 g/mol. The van der Waals surface area contributed by atoms with Gasteiger partial charge in [-0.2, -0.15) is 0 Å². The average Bonchev–Trinajstić information content (AvgIpc) is 2.47. The average molecular weight is 316 g/mol. The summed E-state index contributed by atoms with van der Waals surface area (Å²) in [4.78, 5) is 0. The Bertz CT molecular complexity index is 569. The van der Waals surface area contributed by atoms with Gasteiger partial charge in [0.15, 0.2) is 0 Å². The maximum absolute atomic E-state index is 9.10. The summed E-state index contributed by atoms with van der Waals surface area (Å²) in [5.41, 5.74) is 0.686. The fraction of sp³-hybridized carbons (Fsp3) is 0.333. The van der Waals surface area contributed by atoms with Gasteiger partial charge in [-0.15, -0.1) is 0 Å². The minimum absolute atomic E-state index is 0.509. The summed E-state index contributed by atoms with van der Waals surface area (Å²) in [6.45, 7) is 6.31. The van der Waals surface area contributed by atoms with Gasteiger partial charge in [-0.3, -0.25) is 0 Å². The Morgan fingerprint density at radius 1 is 0.652 bits per heavy atom. The van der Waals surface area contributed by atoms with Crippen LogP contribution in [0.25, 0.3) is 11.1 Å². The van der Waals surface area contributed by atoms with Gasteiger partial charge in [0.1, 0.15) is 0 Å². The molecule has 0 saturated heterocycles. The Labute approximate surface area is 138 Å². The van der Waals surface area contributed by atoms with Crippen molar-refractivity contribution in [1.82, 2.24) is 0 Å². The Kier molecular flexibility index (Phi) is 6.53. The van der Waals surface area contributed by atoms with E-state index in [1.807, 2.05) is 42.5 Å². The van der Waals surface area contributed by atoms with Crippen molar-refractivity contribution in [2.45, 2.75) is 38.9 Å². The highest BCUT2D eigenvalue weighted by atomic mass is 16.4. The molecular formula is C18H25BO4. The highest BCUT2D eigenvalue weighted by Gasteiger charge is 2.31. The van der Waals surface area contributed by atoms with Crippen LogP contribution in [0.15, 0.2) is 54.6 Å². The van der Waals surface area contributed by atoms with Crippen LogP contribution in [-0.4, -0.2) is 38.6 Å². The Balaban J connectivity index is 0.000000284. The van der Waals surface area contributed by atoms with Crippen LogP contribution >= 0.6 is 0 Å². The molecule has 0 aromatic heterocycles. The molecular weight excluding hydrogens is 291 g/mol. The first-order valence-corrected chi connectivity index (χ1v) is 7.48. The van der Waals surface area contributed by atoms with Crippen molar-refractivity contribution in [2.24, 2.45) is 0 Å². The minimum Gasteiger partial charge on any atom is -0.423 e. The van der Waals surface area contributed by atoms with E-state index in [0.717, 1.165) is 11.1 Å². The first kappa shape index (κ1) is 19.4. The molecule has 0 aliphatic heterocycles. The Morgan fingerprint density at radius 2 is 1.04 bits per heavy atom. The molecule has 2 aromatic carbocycles. The number of hydrogen-bond acceptors (Lipinski definition) is 4. The maximum atomic E-state index is 9.10. The highest BCUT2D eigenvalue weighted by Crippen LogP contribution is 2.19. The van der Waals surface area contributed by atoms with E-state index >= 15 is 0 Å². The van der Waals surface area contributed by atoms with Crippen LogP contribution in [0, 0.1) is 0 Å². The SMILES string of the molecule is CC(C)(O)C(C)(C)O.OB(O)c1ccc(-c2ccccc2)cc1. The van der Waals surface area contributed by atoms with Gasteiger partial charge in [0.05, 0.1) is 11.2 Å². The van der Waals surface area contributed by atoms with Crippen LogP contribution in [-0.2, 0) is 0 Å². The van der Waals surface area contributed by atoms with Crippen LogP contribution in [0.2, 0.25) is 0 Å². The van der Waals surface area contributed by atoms with Crippen molar-refractivity contribution < 1.29 is 20.3 Å². The third-order valence-electron chi connectivity index (χ3n) is 3.81. The van der Waals surface area contributed by atoms with Crippen LogP contribution < -0.4 is 5.46 Å². The van der Waals surface area contributed by atoms with E-state index in [4.69, 9.17) is 20.3 Å². The van der Waals surface area contributed by atoms with Gasteiger partial charge in [0.25, 0.3) is 0 Å². The lowest BCUT2D eigenvalue weighted by Gasteiger charge is -2.31. The topological polar surface area (TPSA) is 80.9 Å². The van der Waals surface area contributed by atoms with Crippen LogP contribution in [0.5, 0.6) is 0 Å². The summed E-state index contributed by atoms with van der Waals surface area (Å²) in [5.74, 6) is 0. The summed E-state index contributed by atoms with van der Waals surface area (Å²) >= 11 is 0. The molecule has 0 radical (unpaired) electrons. The number of benzene rings is 2. The summed E-state index contributed by atoms with van der Waals surface area (Å²) < 4.78 is 0. The third kappa shape index (κ3) is 6.16. The van der Waals surface area contributed by atoms with E-state index in [1.165, 1.54) is 0 Å². The van der Waals surface area contributed by atoms with Crippen molar-refractivity contribution in [3.8, 4) is 11.1 Å².